The van der Waals surface area contributed by atoms with Crippen LogP contribution in [0.25, 0.3) is 0 Å². The zero-order chi connectivity index (χ0) is 13.1. The average molecular weight is 268 g/mol. The number of nitrogens with zero attached hydrogens (tertiary/aromatic N) is 2. The Labute approximate surface area is 105 Å². The summed E-state index contributed by atoms with van der Waals surface area (Å²) in [5, 5.41) is 14.8. The van der Waals surface area contributed by atoms with Crippen LogP contribution >= 0.6 is 11.6 Å². The molecule has 0 atom stereocenters. The molecule has 0 fully saturated rings. The highest BCUT2D eigenvalue weighted by atomic mass is 35.5. The van der Waals surface area contributed by atoms with Gasteiger partial charge in [-0.3, -0.25) is 4.79 Å². The Kier molecular flexibility index (Phi) is 3.24. The van der Waals surface area contributed by atoms with Gasteiger partial charge in [-0.05, 0) is 12.1 Å². The SMILES string of the molecule is O=C(Nc1ccc(Cl)cn1)c1cc(C(=O)O)on1. The third-order valence-corrected chi connectivity index (χ3v) is 2.15. The summed E-state index contributed by atoms with van der Waals surface area (Å²) in [5.41, 5.74) is -0.149. The summed E-state index contributed by atoms with van der Waals surface area (Å²) < 4.78 is 4.45. The van der Waals surface area contributed by atoms with Crippen molar-refractivity contribution in [3.8, 4) is 0 Å². The Morgan fingerprint density at radius 1 is 1.39 bits per heavy atom. The second-order valence-corrected chi connectivity index (χ2v) is 3.63. The summed E-state index contributed by atoms with van der Waals surface area (Å²) in [7, 11) is 0. The third kappa shape index (κ3) is 2.64. The fourth-order valence-corrected chi connectivity index (χ4v) is 1.22. The van der Waals surface area contributed by atoms with E-state index in [-0.39, 0.29) is 11.5 Å². The molecule has 0 saturated heterocycles. The molecule has 0 saturated carbocycles. The van der Waals surface area contributed by atoms with Gasteiger partial charge in [0.25, 0.3) is 5.91 Å². The maximum absolute atomic E-state index is 11.6. The smallest absolute Gasteiger partial charge is 0.374 e. The molecule has 0 spiro atoms. The lowest BCUT2D eigenvalue weighted by Gasteiger charge is -2.00. The zero-order valence-corrected chi connectivity index (χ0v) is 9.51. The summed E-state index contributed by atoms with van der Waals surface area (Å²) in [6.45, 7) is 0. The van der Waals surface area contributed by atoms with Gasteiger partial charge in [0.1, 0.15) is 5.82 Å². The number of nitrogens with one attached hydrogen (secondary N) is 1. The topological polar surface area (TPSA) is 105 Å². The first-order valence-corrected chi connectivity index (χ1v) is 5.07. The normalized spacial score (nSPS) is 10.1. The van der Waals surface area contributed by atoms with Gasteiger partial charge in [0, 0.05) is 12.3 Å². The minimum atomic E-state index is -1.30. The van der Waals surface area contributed by atoms with Gasteiger partial charge in [-0.25, -0.2) is 9.78 Å². The third-order valence-electron chi connectivity index (χ3n) is 1.92. The molecule has 2 aromatic rings. The number of carboxylic acids is 1. The number of carbonyl (C=O) groups is 2. The van der Waals surface area contributed by atoms with Gasteiger partial charge in [-0.2, -0.15) is 0 Å². The Morgan fingerprint density at radius 2 is 2.17 bits per heavy atom. The van der Waals surface area contributed by atoms with Crippen LogP contribution in [0.3, 0.4) is 0 Å². The van der Waals surface area contributed by atoms with Crippen LogP contribution in [-0.4, -0.2) is 27.1 Å². The van der Waals surface area contributed by atoms with Crippen LogP contribution in [0.2, 0.25) is 5.02 Å². The van der Waals surface area contributed by atoms with Crippen molar-refractivity contribution in [1.29, 1.82) is 0 Å². The average Bonchev–Trinajstić information content (AvgIpc) is 2.81. The number of carbonyl (C=O) groups excluding carboxylic acids is 1. The Balaban J connectivity index is 2.11. The van der Waals surface area contributed by atoms with Crippen molar-refractivity contribution >= 4 is 29.3 Å². The highest BCUT2D eigenvalue weighted by Gasteiger charge is 2.16. The van der Waals surface area contributed by atoms with Gasteiger partial charge >= 0.3 is 5.97 Å². The lowest BCUT2D eigenvalue weighted by molar-refractivity contribution is 0.0651. The van der Waals surface area contributed by atoms with Crippen LogP contribution in [-0.2, 0) is 0 Å². The van der Waals surface area contributed by atoms with Crippen molar-refractivity contribution < 1.29 is 19.2 Å². The minimum Gasteiger partial charge on any atom is -0.475 e. The van der Waals surface area contributed by atoms with Gasteiger partial charge < -0.3 is 14.9 Å². The maximum atomic E-state index is 11.6. The van der Waals surface area contributed by atoms with Crippen LogP contribution < -0.4 is 5.32 Å². The number of halogens is 1. The zero-order valence-electron chi connectivity index (χ0n) is 8.75. The van der Waals surface area contributed by atoms with E-state index in [0.29, 0.717) is 5.02 Å². The van der Waals surface area contributed by atoms with Crippen LogP contribution in [0.5, 0.6) is 0 Å². The number of aromatic carboxylic acids is 1. The molecule has 7 nitrogen and oxygen atoms in total. The second-order valence-electron chi connectivity index (χ2n) is 3.20. The lowest BCUT2D eigenvalue weighted by Crippen LogP contribution is -2.13. The van der Waals surface area contributed by atoms with E-state index < -0.39 is 17.6 Å². The number of aromatic nitrogens is 2. The summed E-state index contributed by atoms with van der Waals surface area (Å²) in [4.78, 5) is 26.0. The number of pyridine rings is 1. The first kappa shape index (κ1) is 12.1. The van der Waals surface area contributed by atoms with Crippen LogP contribution in [0.1, 0.15) is 21.0 Å². The highest BCUT2D eigenvalue weighted by Crippen LogP contribution is 2.11. The van der Waals surface area contributed by atoms with E-state index in [9.17, 15) is 9.59 Å². The quantitative estimate of drug-likeness (QED) is 0.876. The van der Waals surface area contributed by atoms with Crippen molar-refractivity contribution in [1.82, 2.24) is 10.1 Å². The number of rotatable bonds is 3. The molecule has 2 N–H and O–H groups in total. The molecule has 0 bridgehead atoms. The predicted octanol–water partition coefficient (Wildman–Crippen LogP) is 1.67. The van der Waals surface area contributed by atoms with E-state index >= 15 is 0 Å². The Hall–Kier alpha value is -2.41. The predicted molar refractivity (Wildman–Crippen MR) is 60.7 cm³/mol. The van der Waals surface area contributed by atoms with Crippen molar-refractivity contribution in [3.05, 3.63) is 40.9 Å². The van der Waals surface area contributed by atoms with Crippen molar-refractivity contribution in [3.63, 3.8) is 0 Å². The molecule has 2 rings (SSSR count). The molecule has 2 aromatic heterocycles. The summed E-state index contributed by atoms with van der Waals surface area (Å²) in [6.07, 6.45) is 1.36. The van der Waals surface area contributed by atoms with Gasteiger partial charge in [0.15, 0.2) is 5.69 Å². The molecular weight excluding hydrogens is 262 g/mol. The van der Waals surface area contributed by atoms with Gasteiger partial charge in [-0.15, -0.1) is 0 Å². The van der Waals surface area contributed by atoms with Gasteiger partial charge in [0.05, 0.1) is 5.02 Å². The van der Waals surface area contributed by atoms with Crippen molar-refractivity contribution in [2.45, 2.75) is 0 Å². The van der Waals surface area contributed by atoms with Crippen molar-refractivity contribution in [2.24, 2.45) is 0 Å². The molecule has 0 unspecified atom stereocenters. The molecule has 0 aliphatic heterocycles. The van der Waals surface area contributed by atoms with E-state index in [1.807, 2.05) is 0 Å². The minimum absolute atomic E-state index is 0.149. The summed E-state index contributed by atoms with van der Waals surface area (Å²) in [5.74, 6) is -2.07. The molecule has 0 aliphatic rings. The van der Waals surface area contributed by atoms with Crippen LogP contribution in [0.15, 0.2) is 28.9 Å². The maximum Gasteiger partial charge on any atom is 0.374 e. The van der Waals surface area contributed by atoms with Gasteiger partial charge in [-0.1, -0.05) is 16.8 Å². The molecule has 92 valence electrons. The summed E-state index contributed by atoms with van der Waals surface area (Å²) in [6, 6.07) is 4.07. The number of hydrogen-bond donors (Lipinski definition) is 2. The molecule has 0 radical (unpaired) electrons. The van der Waals surface area contributed by atoms with Gasteiger partial charge in [0.2, 0.25) is 5.76 Å². The monoisotopic (exact) mass is 267 g/mol. The first-order valence-electron chi connectivity index (χ1n) is 4.69. The van der Waals surface area contributed by atoms with E-state index in [0.717, 1.165) is 6.07 Å². The molecule has 0 aromatic carbocycles. The van der Waals surface area contributed by atoms with E-state index in [1.165, 1.54) is 12.3 Å². The number of hydrogen-bond acceptors (Lipinski definition) is 5. The van der Waals surface area contributed by atoms with E-state index in [4.69, 9.17) is 16.7 Å². The molecule has 18 heavy (non-hydrogen) atoms. The fourth-order valence-electron chi connectivity index (χ4n) is 1.11. The Bertz CT molecular complexity index is 593. The largest absolute Gasteiger partial charge is 0.475 e. The fraction of sp³-hybridized carbons (Fsp3) is 0. The summed E-state index contributed by atoms with van der Waals surface area (Å²) >= 11 is 5.64. The van der Waals surface area contributed by atoms with E-state index in [1.54, 1.807) is 6.07 Å². The second kappa shape index (κ2) is 4.84. The molecule has 8 heteroatoms. The Morgan fingerprint density at radius 3 is 2.72 bits per heavy atom. The van der Waals surface area contributed by atoms with E-state index in [2.05, 4.69) is 20.0 Å². The number of anilines is 1. The molecular formula is C10H6ClN3O4. The molecule has 1 amide bonds. The first-order chi connectivity index (χ1) is 8.56. The van der Waals surface area contributed by atoms with Crippen molar-refractivity contribution in [2.75, 3.05) is 5.32 Å². The number of carboxylic acid groups (broad SMARTS) is 1. The van der Waals surface area contributed by atoms with Crippen LogP contribution in [0.4, 0.5) is 5.82 Å². The highest BCUT2D eigenvalue weighted by molar-refractivity contribution is 6.30. The lowest BCUT2D eigenvalue weighted by atomic mass is 10.3. The molecule has 2 heterocycles. The standard InChI is InChI=1S/C10H6ClN3O4/c11-5-1-2-8(12-4-5)13-9(15)6-3-7(10(16)17)18-14-6/h1-4H,(H,16,17)(H,12,13,15). The number of amides is 1. The van der Waals surface area contributed by atoms with Crippen LogP contribution in [0, 0.1) is 0 Å². The molecule has 0 aliphatic carbocycles.